The molecule has 0 unspecified atom stereocenters. The van der Waals surface area contributed by atoms with E-state index < -0.39 is 0 Å². The molecule has 3 nitrogen and oxygen atoms in total. The van der Waals surface area contributed by atoms with E-state index in [4.69, 9.17) is 5.73 Å². The van der Waals surface area contributed by atoms with Gasteiger partial charge in [-0.1, -0.05) is 0 Å². The SMILES string of the molecule is CSCCCCNc1ccnc(N)c1. The summed E-state index contributed by atoms with van der Waals surface area (Å²) in [5.74, 6) is 1.80. The van der Waals surface area contributed by atoms with Gasteiger partial charge in [0.05, 0.1) is 0 Å². The van der Waals surface area contributed by atoms with Crippen molar-refractivity contribution in [1.29, 1.82) is 0 Å². The van der Waals surface area contributed by atoms with E-state index >= 15 is 0 Å². The van der Waals surface area contributed by atoms with Crippen molar-refractivity contribution in [1.82, 2.24) is 4.98 Å². The highest BCUT2D eigenvalue weighted by Gasteiger charge is 1.92. The summed E-state index contributed by atoms with van der Waals surface area (Å²) in [4.78, 5) is 3.93. The quantitative estimate of drug-likeness (QED) is 0.708. The third kappa shape index (κ3) is 4.37. The number of nitrogens with one attached hydrogen (secondary N) is 1. The van der Waals surface area contributed by atoms with Gasteiger partial charge >= 0.3 is 0 Å². The fourth-order valence-electron chi connectivity index (χ4n) is 1.16. The van der Waals surface area contributed by atoms with E-state index in [1.165, 1.54) is 18.6 Å². The lowest BCUT2D eigenvalue weighted by molar-refractivity contribution is 0.843. The van der Waals surface area contributed by atoms with Gasteiger partial charge < -0.3 is 11.1 Å². The van der Waals surface area contributed by atoms with Crippen LogP contribution in [0.15, 0.2) is 18.3 Å². The zero-order chi connectivity index (χ0) is 10.2. The Morgan fingerprint density at radius 1 is 1.50 bits per heavy atom. The lowest BCUT2D eigenvalue weighted by Gasteiger charge is -2.05. The number of nitrogen functional groups attached to an aromatic ring is 1. The summed E-state index contributed by atoms with van der Waals surface area (Å²) in [5, 5.41) is 3.32. The molecule has 14 heavy (non-hydrogen) atoms. The number of anilines is 2. The number of hydrogen-bond donors (Lipinski definition) is 2. The Balaban J connectivity index is 2.18. The van der Waals surface area contributed by atoms with Crippen molar-refractivity contribution >= 4 is 23.3 Å². The van der Waals surface area contributed by atoms with E-state index in [2.05, 4.69) is 16.6 Å². The fourth-order valence-corrected chi connectivity index (χ4v) is 1.66. The van der Waals surface area contributed by atoms with Gasteiger partial charge in [-0.3, -0.25) is 0 Å². The minimum absolute atomic E-state index is 0.569. The van der Waals surface area contributed by atoms with Crippen LogP contribution in [0.1, 0.15) is 12.8 Å². The van der Waals surface area contributed by atoms with Gasteiger partial charge in [-0.15, -0.1) is 0 Å². The van der Waals surface area contributed by atoms with E-state index in [0.717, 1.165) is 12.2 Å². The Kier molecular flexibility index (Phi) is 5.22. The van der Waals surface area contributed by atoms with Crippen LogP contribution in [0.5, 0.6) is 0 Å². The molecule has 1 rings (SSSR count). The fraction of sp³-hybridized carbons (Fsp3) is 0.500. The second kappa shape index (κ2) is 6.54. The van der Waals surface area contributed by atoms with Crippen LogP contribution >= 0.6 is 11.8 Å². The molecule has 0 saturated heterocycles. The molecular weight excluding hydrogens is 194 g/mol. The summed E-state index contributed by atoms with van der Waals surface area (Å²) in [7, 11) is 0. The van der Waals surface area contributed by atoms with Crippen molar-refractivity contribution in [3.63, 3.8) is 0 Å². The third-order valence-electron chi connectivity index (χ3n) is 1.89. The average Bonchev–Trinajstić information content (AvgIpc) is 2.18. The number of unbranched alkanes of at least 4 members (excludes halogenated alkanes) is 1. The number of thioether (sulfide) groups is 1. The average molecular weight is 211 g/mol. The van der Waals surface area contributed by atoms with Gasteiger partial charge in [-0.05, 0) is 30.9 Å². The van der Waals surface area contributed by atoms with E-state index in [9.17, 15) is 0 Å². The highest BCUT2D eigenvalue weighted by Crippen LogP contribution is 2.09. The second-order valence-electron chi connectivity index (χ2n) is 3.10. The van der Waals surface area contributed by atoms with Crippen LogP contribution in [-0.2, 0) is 0 Å². The van der Waals surface area contributed by atoms with Crippen LogP contribution in [0.2, 0.25) is 0 Å². The van der Waals surface area contributed by atoms with E-state index in [1.807, 2.05) is 23.9 Å². The summed E-state index contributed by atoms with van der Waals surface area (Å²) < 4.78 is 0. The molecule has 0 aliphatic heterocycles. The van der Waals surface area contributed by atoms with Crippen LogP contribution in [-0.4, -0.2) is 23.5 Å². The van der Waals surface area contributed by atoms with Crippen molar-refractivity contribution < 1.29 is 0 Å². The van der Waals surface area contributed by atoms with E-state index in [-0.39, 0.29) is 0 Å². The maximum atomic E-state index is 5.56. The molecule has 0 saturated carbocycles. The molecule has 1 aromatic rings. The monoisotopic (exact) mass is 211 g/mol. The number of hydrogen-bond acceptors (Lipinski definition) is 4. The standard InChI is InChI=1S/C10H17N3S/c1-14-7-3-2-5-12-9-4-6-13-10(11)8-9/h4,6,8H,2-3,5,7H2,1H3,(H3,11,12,13). The molecule has 0 radical (unpaired) electrons. The molecule has 0 amide bonds. The maximum absolute atomic E-state index is 5.56. The Labute approximate surface area is 89.5 Å². The molecule has 0 spiro atoms. The molecule has 0 aromatic carbocycles. The molecule has 0 atom stereocenters. The van der Waals surface area contributed by atoms with Gasteiger partial charge in [0.1, 0.15) is 5.82 Å². The molecule has 1 heterocycles. The van der Waals surface area contributed by atoms with E-state index in [1.54, 1.807) is 6.20 Å². The van der Waals surface area contributed by atoms with Gasteiger partial charge in [0.25, 0.3) is 0 Å². The first-order chi connectivity index (χ1) is 6.83. The number of rotatable bonds is 6. The summed E-state index contributed by atoms with van der Waals surface area (Å²) in [5.41, 5.74) is 6.61. The molecule has 78 valence electrons. The first-order valence-electron chi connectivity index (χ1n) is 4.77. The predicted octanol–water partition coefficient (Wildman–Crippen LogP) is 2.22. The highest BCUT2D eigenvalue weighted by atomic mass is 32.2. The molecule has 0 aliphatic carbocycles. The van der Waals surface area contributed by atoms with Gasteiger partial charge in [0.15, 0.2) is 0 Å². The predicted molar refractivity (Wildman–Crippen MR) is 64.8 cm³/mol. The Morgan fingerprint density at radius 3 is 3.07 bits per heavy atom. The topological polar surface area (TPSA) is 50.9 Å². The highest BCUT2D eigenvalue weighted by molar-refractivity contribution is 7.98. The Hall–Kier alpha value is -0.900. The number of nitrogens with zero attached hydrogens (tertiary/aromatic N) is 1. The first-order valence-corrected chi connectivity index (χ1v) is 6.16. The largest absolute Gasteiger partial charge is 0.385 e. The van der Waals surface area contributed by atoms with Crippen molar-refractivity contribution in [2.75, 3.05) is 29.6 Å². The van der Waals surface area contributed by atoms with Crippen molar-refractivity contribution in [3.8, 4) is 0 Å². The minimum atomic E-state index is 0.569. The molecule has 0 fully saturated rings. The lowest BCUT2D eigenvalue weighted by Crippen LogP contribution is -2.02. The summed E-state index contributed by atoms with van der Waals surface area (Å²) in [6.45, 7) is 1.00. The summed E-state index contributed by atoms with van der Waals surface area (Å²) in [6.07, 6.45) is 6.31. The Morgan fingerprint density at radius 2 is 2.36 bits per heavy atom. The first kappa shape index (κ1) is 11.2. The van der Waals surface area contributed by atoms with Gasteiger partial charge in [0, 0.05) is 24.5 Å². The van der Waals surface area contributed by atoms with Gasteiger partial charge in [-0.25, -0.2) is 4.98 Å². The molecule has 4 heteroatoms. The smallest absolute Gasteiger partial charge is 0.125 e. The molecular formula is C10H17N3S. The molecule has 0 aliphatic rings. The van der Waals surface area contributed by atoms with Crippen LogP contribution in [0.4, 0.5) is 11.5 Å². The van der Waals surface area contributed by atoms with Crippen LogP contribution in [0, 0.1) is 0 Å². The zero-order valence-corrected chi connectivity index (χ0v) is 9.31. The number of aromatic nitrogens is 1. The zero-order valence-electron chi connectivity index (χ0n) is 8.49. The van der Waals surface area contributed by atoms with Crippen LogP contribution in [0.25, 0.3) is 0 Å². The third-order valence-corrected chi connectivity index (χ3v) is 2.58. The maximum Gasteiger partial charge on any atom is 0.125 e. The number of pyridine rings is 1. The molecule has 3 N–H and O–H groups in total. The van der Waals surface area contributed by atoms with Crippen LogP contribution in [0.3, 0.4) is 0 Å². The Bertz CT molecular complexity index is 265. The summed E-state index contributed by atoms with van der Waals surface area (Å²) in [6, 6.07) is 3.79. The normalized spacial score (nSPS) is 10.1. The van der Waals surface area contributed by atoms with Gasteiger partial charge in [-0.2, -0.15) is 11.8 Å². The van der Waals surface area contributed by atoms with Gasteiger partial charge in [0.2, 0.25) is 0 Å². The van der Waals surface area contributed by atoms with Crippen molar-refractivity contribution in [2.24, 2.45) is 0 Å². The molecule has 1 aromatic heterocycles. The lowest BCUT2D eigenvalue weighted by atomic mass is 10.3. The summed E-state index contributed by atoms with van der Waals surface area (Å²) >= 11 is 1.89. The van der Waals surface area contributed by atoms with E-state index in [0.29, 0.717) is 5.82 Å². The van der Waals surface area contributed by atoms with Crippen molar-refractivity contribution in [3.05, 3.63) is 18.3 Å². The number of nitrogens with two attached hydrogens (primary N) is 1. The minimum Gasteiger partial charge on any atom is -0.385 e. The second-order valence-corrected chi connectivity index (χ2v) is 4.08. The van der Waals surface area contributed by atoms with Crippen molar-refractivity contribution in [2.45, 2.75) is 12.8 Å². The molecule has 0 bridgehead atoms. The van der Waals surface area contributed by atoms with Crippen LogP contribution < -0.4 is 11.1 Å².